The summed E-state index contributed by atoms with van der Waals surface area (Å²) in [6, 6.07) is 8.85. The molecule has 0 spiro atoms. The second-order valence-corrected chi connectivity index (χ2v) is 11.9. The van der Waals surface area contributed by atoms with Crippen LogP contribution in [0.15, 0.2) is 24.3 Å². The molecule has 1 N–H and O–H groups in total. The fourth-order valence-electron chi connectivity index (χ4n) is 4.89. The van der Waals surface area contributed by atoms with E-state index in [1.165, 1.54) is 11.1 Å². The van der Waals surface area contributed by atoms with Gasteiger partial charge >= 0.3 is 0 Å². The van der Waals surface area contributed by atoms with Gasteiger partial charge in [-0.2, -0.15) is 0 Å². The lowest BCUT2D eigenvalue weighted by molar-refractivity contribution is -0.128. The summed E-state index contributed by atoms with van der Waals surface area (Å²) in [5.41, 5.74) is 1.75. The van der Waals surface area contributed by atoms with Crippen molar-refractivity contribution in [3.05, 3.63) is 35.4 Å². The predicted octanol–water partition coefficient (Wildman–Crippen LogP) is 6.58. The van der Waals surface area contributed by atoms with Crippen molar-refractivity contribution in [2.24, 2.45) is 11.3 Å². The smallest absolute Gasteiger partial charge is 0.222 e. The van der Waals surface area contributed by atoms with E-state index in [0.29, 0.717) is 12.2 Å². The molecule has 0 fully saturated rings. The summed E-state index contributed by atoms with van der Waals surface area (Å²) in [4.78, 5) is 24.5. The third-order valence-corrected chi connectivity index (χ3v) is 6.28. The molecule has 3 nitrogen and oxygen atoms in total. The molecular formula is C27H45NO2. The van der Waals surface area contributed by atoms with Crippen LogP contribution in [0.3, 0.4) is 0 Å². The first kappa shape index (κ1) is 26.4. The van der Waals surface area contributed by atoms with Crippen LogP contribution in [0, 0.1) is 11.3 Å². The Bertz CT molecular complexity index is 737. The minimum atomic E-state index is -0.325. The zero-order valence-electron chi connectivity index (χ0n) is 21.3. The predicted molar refractivity (Wildman–Crippen MR) is 128 cm³/mol. The van der Waals surface area contributed by atoms with Crippen LogP contribution in [0.4, 0.5) is 0 Å². The minimum absolute atomic E-state index is 0.0160. The molecule has 0 heterocycles. The van der Waals surface area contributed by atoms with E-state index in [1.54, 1.807) is 0 Å². The van der Waals surface area contributed by atoms with Crippen LogP contribution in [0.2, 0.25) is 0 Å². The topological polar surface area (TPSA) is 46.2 Å². The lowest BCUT2D eigenvalue weighted by atomic mass is 9.68. The van der Waals surface area contributed by atoms with E-state index in [1.807, 2.05) is 20.8 Å². The van der Waals surface area contributed by atoms with E-state index in [0.717, 1.165) is 12.8 Å². The van der Waals surface area contributed by atoms with Crippen LogP contribution in [0.1, 0.15) is 107 Å². The molecule has 1 amide bonds. The molecule has 170 valence electrons. The van der Waals surface area contributed by atoms with Gasteiger partial charge in [-0.3, -0.25) is 9.59 Å². The van der Waals surface area contributed by atoms with Crippen molar-refractivity contribution in [2.45, 2.75) is 112 Å². The second kappa shape index (κ2) is 9.24. The van der Waals surface area contributed by atoms with Crippen LogP contribution in [-0.4, -0.2) is 17.2 Å². The van der Waals surface area contributed by atoms with E-state index in [4.69, 9.17) is 0 Å². The maximum atomic E-state index is 12.3. The third-order valence-electron chi connectivity index (χ3n) is 6.28. The third kappa shape index (κ3) is 6.96. The summed E-state index contributed by atoms with van der Waals surface area (Å²) in [7, 11) is 0. The van der Waals surface area contributed by atoms with Gasteiger partial charge in [-0.25, -0.2) is 0 Å². The van der Waals surface area contributed by atoms with Gasteiger partial charge in [-0.1, -0.05) is 86.6 Å². The molecule has 0 saturated carbocycles. The molecule has 0 aliphatic heterocycles. The average Bonchev–Trinajstić information content (AvgIpc) is 2.58. The molecule has 0 atom stereocenters. The highest BCUT2D eigenvalue weighted by Gasteiger charge is 2.35. The molecule has 0 saturated heterocycles. The number of hydrogen-bond acceptors (Lipinski definition) is 2. The van der Waals surface area contributed by atoms with Crippen LogP contribution in [0.25, 0.3) is 0 Å². The van der Waals surface area contributed by atoms with Gasteiger partial charge in [-0.05, 0) is 48.6 Å². The molecule has 0 aliphatic carbocycles. The molecule has 0 radical (unpaired) electrons. The Kier molecular flexibility index (Phi) is 8.13. The highest BCUT2D eigenvalue weighted by Crippen LogP contribution is 2.39. The first-order chi connectivity index (χ1) is 13.4. The zero-order chi connectivity index (χ0) is 23.5. The summed E-state index contributed by atoms with van der Waals surface area (Å²) in [5.74, 6) is 0.397. The highest BCUT2D eigenvalue weighted by atomic mass is 16.2. The van der Waals surface area contributed by atoms with Gasteiger partial charge in [0.25, 0.3) is 0 Å². The number of carbonyl (C=O) groups is 2. The van der Waals surface area contributed by atoms with Crippen molar-refractivity contribution < 1.29 is 9.59 Å². The quantitative estimate of drug-likeness (QED) is 0.469. The second-order valence-electron chi connectivity index (χ2n) is 11.9. The Morgan fingerprint density at radius 3 is 1.57 bits per heavy atom. The van der Waals surface area contributed by atoms with Crippen molar-refractivity contribution in [1.29, 1.82) is 0 Å². The van der Waals surface area contributed by atoms with Crippen molar-refractivity contribution in [3.8, 4) is 0 Å². The Hall–Kier alpha value is -1.64. The summed E-state index contributed by atoms with van der Waals surface area (Å²) >= 11 is 0. The number of ketones is 1. The number of benzene rings is 1. The van der Waals surface area contributed by atoms with E-state index >= 15 is 0 Å². The Balaban J connectivity index is 3.02. The number of Topliss-reactive ketones (excluding diaryl/α,β-unsaturated/α-hetero) is 1. The molecular weight excluding hydrogens is 370 g/mol. The van der Waals surface area contributed by atoms with Gasteiger partial charge in [0, 0.05) is 23.3 Å². The normalized spacial score (nSPS) is 13.5. The van der Waals surface area contributed by atoms with Crippen LogP contribution in [-0.2, 0) is 20.4 Å². The fraction of sp³-hybridized carbons (Fsp3) is 0.704. The SMILES string of the molecule is CCC(=O)C(C)(C)CC(C)(C)c1ccc(C(C)(C)CC(C)(C)NC(=O)C(C)C)cc1. The van der Waals surface area contributed by atoms with Gasteiger partial charge in [0.15, 0.2) is 0 Å². The summed E-state index contributed by atoms with van der Waals surface area (Å²) in [5, 5.41) is 3.19. The molecule has 1 aromatic rings. The number of amides is 1. The van der Waals surface area contributed by atoms with Crippen molar-refractivity contribution in [3.63, 3.8) is 0 Å². The van der Waals surface area contributed by atoms with E-state index in [2.05, 4.69) is 85.0 Å². The maximum absolute atomic E-state index is 12.3. The maximum Gasteiger partial charge on any atom is 0.222 e. The van der Waals surface area contributed by atoms with Gasteiger partial charge in [-0.15, -0.1) is 0 Å². The van der Waals surface area contributed by atoms with Crippen LogP contribution < -0.4 is 5.32 Å². The number of nitrogens with one attached hydrogen (secondary N) is 1. The standard InChI is InChI=1S/C27H45NO2/c1-12-22(29)26(8,9)17-24(4,5)20-13-15-21(16-14-20)25(6,7)18-27(10,11)28-23(30)19(2)3/h13-16,19H,12,17-18H2,1-11H3,(H,28,30). The van der Waals surface area contributed by atoms with Gasteiger partial charge in [0.1, 0.15) is 5.78 Å². The molecule has 0 aromatic heterocycles. The van der Waals surface area contributed by atoms with Crippen LogP contribution >= 0.6 is 0 Å². The van der Waals surface area contributed by atoms with Gasteiger partial charge in [0.05, 0.1) is 0 Å². The lowest BCUT2D eigenvalue weighted by Crippen LogP contribution is -2.48. The first-order valence-electron chi connectivity index (χ1n) is 11.4. The molecule has 1 rings (SSSR count). The lowest BCUT2D eigenvalue weighted by Gasteiger charge is -2.37. The number of hydrogen-bond donors (Lipinski definition) is 1. The number of carbonyl (C=O) groups excluding carboxylic acids is 2. The first-order valence-corrected chi connectivity index (χ1v) is 11.4. The van der Waals surface area contributed by atoms with Crippen molar-refractivity contribution in [1.82, 2.24) is 5.32 Å². The molecule has 1 aromatic carbocycles. The molecule has 3 heteroatoms. The van der Waals surface area contributed by atoms with Gasteiger partial charge < -0.3 is 5.32 Å². The van der Waals surface area contributed by atoms with E-state index in [-0.39, 0.29) is 33.6 Å². The molecule has 0 bridgehead atoms. The van der Waals surface area contributed by atoms with Crippen molar-refractivity contribution >= 4 is 11.7 Å². The molecule has 30 heavy (non-hydrogen) atoms. The van der Waals surface area contributed by atoms with Crippen LogP contribution in [0.5, 0.6) is 0 Å². The van der Waals surface area contributed by atoms with Crippen molar-refractivity contribution in [2.75, 3.05) is 0 Å². The monoisotopic (exact) mass is 415 g/mol. The van der Waals surface area contributed by atoms with E-state index < -0.39 is 0 Å². The zero-order valence-corrected chi connectivity index (χ0v) is 21.3. The summed E-state index contributed by atoms with van der Waals surface area (Å²) < 4.78 is 0. The summed E-state index contributed by atoms with van der Waals surface area (Å²) in [6.45, 7) is 23.0. The largest absolute Gasteiger partial charge is 0.351 e. The Morgan fingerprint density at radius 2 is 1.20 bits per heavy atom. The van der Waals surface area contributed by atoms with Gasteiger partial charge in [0.2, 0.25) is 5.91 Å². The summed E-state index contributed by atoms with van der Waals surface area (Å²) in [6.07, 6.45) is 2.25. The Morgan fingerprint density at radius 1 is 0.800 bits per heavy atom. The Labute approximate surface area is 185 Å². The molecule has 0 aliphatic rings. The fourth-order valence-corrected chi connectivity index (χ4v) is 4.89. The number of rotatable bonds is 10. The molecule has 0 unspecified atom stereocenters. The minimum Gasteiger partial charge on any atom is -0.351 e. The average molecular weight is 416 g/mol. The van der Waals surface area contributed by atoms with E-state index in [9.17, 15) is 9.59 Å². The highest BCUT2D eigenvalue weighted by molar-refractivity contribution is 5.83.